The maximum Gasteiger partial charge on any atom is 0.316 e. The van der Waals surface area contributed by atoms with Gasteiger partial charge in [0.05, 0.1) is 25.0 Å². The van der Waals surface area contributed by atoms with E-state index in [1.165, 1.54) is 19.5 Å². The van der Waals surface area contributed by atoms with Crippen molar-refractivity contribution in [1.29, 1.82) is 0 Å². The maximum absolute atomic E-state index is 12.6. The van der Waals surface area contributed by atoms with Crippen molar-refractivity contribution in [2.75, 3.05) is 44.8 Å². The van der Waals surface area contributed by atoms with Crippen molar-refractivity contribution in [1.82, 2.24) is 14.9 Å². The van der Waals surface area contributed by atoms with Gasteiger partial charge in [0, 0.05) is 38.6 Å². The average molecular weight is 342 g/mol. The molecule has 7 heteroatoms. The normalized spacial score (nSPS) is 14.3. The number of hydrogen-bond donors (Lipinski definition) is 0. The van der Waals surface area contributed by atoms with Crippen LogP contribution in [0.5, 0.6) is 11.8 Å². The van der Waals surface area contributed by atoms with Gasteiger partial charge in [-0.05, 0) is 19.1 Å². The Morgan fingerprint density at radius 1 is 1.12 bits per heavy atom. The predicted octanol–water partition coefficient (Wildman–Crippen LogP) is 1.85. The summed E-state index contributed by atoms with van der Waals surface area (Å²) in [6, 6.07) is 8.27. The molecule has 0 saturated carbocycles. The highest BCUT2D eigenvalue weighted by atomic mass is 16.5. The molecule has 7 nitrogen and oxygen atoms in total. The quantitative estimate of drug-likeness (QED) is 0.826. The Balaban J connectivity index is 1.64. The summed E-state index contributed by atoms with van der Waals surface area (Å²) in [7, 11) is 1.50. The van der Waals surface area contributed by atoms with Crippen LogP contribution in [0.1, 0.15) is 17.3 Å². The second-order valence-corrected chi connectivity index (χ2v) is 5.64. The molecule has 0 aliphatic carbocycles. The molecule has 1 aliphatic heterocycles. The first kappa shape index (κ1) is 17.0. The third kappa shape index (κ3) is 3.81. The molecule has 0 N–H and O–H groups in total. The smallest absolute Gasteiger partial charge is 0.316 e. The van der Waals surface area contributed by atoms with Crippen LogP contribution in [0.3, 0.4) is 0 Å². The van der Waals surface area contributed by atoms with Crippen molar-refractivity contribution in [2.45, 2.75) is 6.92 Å². The van der Waals surface area contributed by atoms with E-state index in [0.717, 1.165) is 24.5 Å². The zero-order valence-electron chi connectivity index (χ0n) is 14.5. The van der Waals surface area contributed by atoms with Crippen LogP contribution in [0.25, 0.3) is 0 Å². The maximum atomic E-state index is 12.6. The Bertz CT molecular complexity index is 713. The minimum atomic E-state index is -0.0552. The number of ether oxygens (including phenoxy) is 2. The first-order valence-electron chi connectivity index (χ1n) is 8.35. The van der Waals surface area contributed by atoms with Gasteiger partial charge in [-0.2, -0.15) is 0 Å². The summed E-state index contributed by atoms with van der Waals surface area (Å²) in [6.07, 6.45) is 3.01. The topological polar surface area (TPSA) is 67.8 Å². The minimum absolute atomic E-state index is 0.0552. The summed E-state index contributed by atoms with van der Waals surface area (Å²) >= 11 is 0. The van der Waals surface area contributed by atoms with Gasteiger partial charge in [-0.25, -0.2) is 9.97 Å². The molecule has 132 valence electrons. The van der Waals surface area contributed by atoms with Crippen LogP contribution >= 0.6 is 0 Å². The highest BCUT2D eigenvalue weighted by Gasteiger charge is 2.24. The van der Waals surface area contributed by atoms with Crippen LogP contribution in [-0.2, 0) is 0 Å². The van der Waals surface area contributed by atoms with Gasteiger partial charge in [-0.1, -0.05) is 12.1 Å². The summed E-state index contributed by atoms with van der Waals surface area (Å²) < 4.78 is 10.6. The van der Waals surface area contributed by atoms with E-state index >= 15 is 0 Å². The average Bonchev–Trinajstić information content (AvgIpc) is 2.68. The number of piperazine rings is 1. The third-order valence-electron chi connectivity index (χ3n) is 4.13. The van der Waals surface area contributed by atoms with E-state index in [4.69, 9.17) is 9.47 Å². The number of carbonyl (C=O) groups excluding carboxylic acids is 1. The van der Waals surface area contributed by atoms with Gasteiger partial charge in [0.25, 0.3) is 5.91 Å². The second kappa shape index (κ2) is 7.83. The zero-order chi connectivity index (χ0) is 17.6. The summed E-state index contributed by atoms with van der Waals surface area (Å²) in [5.41, 5.74) is 1.55. The molecule has 1 aromatic heterocycles. The molecule has 0 spiro atoms. The van der Waals surface area contributed by atoms with Gasteiger partial charge < -0.3 is 19.3 Å². The van der Waals surface area contributed by atoms with E-state index in [1.807, 2.05) is 30.0 Å². The fourth-order valence-electron chi connectivity index (χ4n) is 2.86. The lowest BCUT2D eigenvalue weighted by atomic mass is 10.2. The molecular weight excluding hydrogens is 320 g/mol. The van der Waals surface area contributed by atoms with Crippen molar-refractivity contribution >= 4 is 11.6 Å². The number of benzene rings is 1. The highest BCUT2D eigenvalue weighted by Crippen LogP contribution is 2.29. The molecular formula is C18H22N4O3. The van der Waals surface area contributed by atoms with Crippen LogP contribution in [0, 0.1) is 0 Å². The fourth-order valence-corrected chi connectivity index (χ4v) is 2.86. The molecule has 0 radical (unpaired) electrons. The van der Waals surface area contributed by atoms with Gasteiger partial charge in [0.2, 0.25) is 0 Å². The van der Waals surface area contributed by atoms with E-state index < -0.39 is 0 Å². The summed E-state index contributed by atoms with van der Waals surface area (Å²) in [6.45, 7) is 5.41. The standard InChI is InChI=1S/C18H22N4O3/c1-3-25-16-7-5-4-6-15(16)21-8-10-22(11-9-21)17(23)14-12-19-18(24-2)20-13-14/h4-7,12-13H,3,8-11H2,1-2H3. The Hall–Kier alpha value is -2.83. The number of rotatable bonds is 5. The summed E-state index contributed by atoms with van der Waals surface area (Å²) in [5.74, 6) is 0.828. The lowest BCUT2D eigenvalue weighted by molar-refractivity contribution is 0.0745. The van der Waals surface area contributed by atoms with Crippen molar-refractivity contribution in [3.05, 3.63) is 42.2 Å². The Morgan fingerprint density at radius 2 is 1.80 bits per heavy atom. The third-order valence-corrected chi connectivity index (χ3v) is 4.13. The fraction of sp³-hybridized carbons (Fsp3) is 0.389. The van der Waals surface area contributed by atoms with E-state index in [0.29, 0.717) is 25.3 Å². The first-order chi connectivity index (χ1) is 12.2. The monoisotopic (exact) mass is 342 g/mol. The van der Waals surface area contributed by atoms with Crippen LogP contribution in [-0.4, -0.2) is 60.7 Å². The molecule has 0 unspecified atom stereocenters. The number of anilines is 1. The van der Waals surface area contributed by atoms with Crippen molar-refractivity contribution in [3.63, 3.8) is 0 Å². The number of para-hydroxylation sites is 2. The number of amides is 1. The number of aromatic nitrogens is 2. The van der Waals surface area contributed by atoms with E-state index in [9.17, 15) is 4.79 Å². The zero-order valence-corrected chi connectivity index (χ0v) is 14.5. The molecule has 1 aliphatic rings. The SMILES string of the molecule is CCOc1ccccc1N1CCN(C(=O)c2cnc(OC)nc2)CC1. The lowest BCUT2D eigenvalue weighted by Crippen LogP contribution is -2.49. The van der Waals surface area contributed by atoms with Crippen LogP contribution in [0.15, 0.2) is 36.7 Å². The van der Waals surface area contributed by atoms with Crippen molar-refractivity contribution in [3.8, 4) is 11.8 Å². The number of nitrogens with zero attached hydrogens (tertiary/aromatic N) is 4. The molecule has 1 aromatic carbocycles. The molecule has 2 aromatic rings. The van der Waals surface area contributed by atoms with Gasteiger partial charge >= 0.3 is 6.01 Å². The molecule has 1 fully saturated rings. The predicted molar refractivity (Wildman–Crippen MR) is 94.3 cm³/mol. The van der Waals surface area contributed by atoms with E-state index in [2.05, 4.69) is 20.9 Å². The minimum Gasteiger partial charge on any atom is -0.492 e. The van der Waals surface area contributed by atoms with Crippen LogP contribution < -0.4 is 14.4 Å². The largest absolute Gasteiger partial charge is 0.492 e. The molecule has 0 atom stereocenters. The van der Waals surface area contributed by atoms with Crippen LogP contribution in [0.2, 0.25) is 0 Å². The number of carbonyl (C=O) groups is 1. The van der Waals surface area contributed by atoms with Gasteiger partial charge in [-0.3, -0.25) is 4.79 Å². The Kier molecular flexibility index (Phi) is 5.33. The molecule has 0 bridgehead atoms. The van der Waals surface area contributed by atoms with Gasteiger partial charge in [0.1, 0.15) is 5.75 Å². The molecule has 25 heavy (non-hydrogen) atoms. The van der Waals surface area contributed by atoms with Gasteiger partial charge in [0.15, 0.2) is 0 Å². The second-order valence-electron chi connectivity index (χ2n) is 5.64. The molecule has 1 amide bonds. The molecule has 2 heterocycles. The van der Waals surface area contributed by atoms with E-state index in [-0.39, 0.29) is 11.9 Å². The van der Waals surface area contributed by atoms with Crippen molar-refractivity contribution in [2.24, 2.45) is 0 Å². The number of hydrogen-bond acceptors (Lipinski definition) is 6. The molecule has 1 saturated heterocycles. The Labute approximate surface area is 147 Å². The summed E-state index contributed by atoms with van der Waals surface area (Å²) in [5, 5.41) is 0. The Morgan fingerprint density at radius 3 is 2.44 bits per heavy atom. The number of methoxy groups -OCH3 is 1. The van der Waals surface area contributed by atoms with Crippen LogP contribution in [0.4, 0.5) is 5.69 Å². The summed E-state index contributed by atoms with van der Waals surface area (Å²) in [4.78, 5) is 24.6. The highest BCUT2D eigenvalue weighted by molar-refractivity contribution is 5.93. The molecule has 3 rings (SSSR count). The van der Waals surface area contributed by atoms with E-state index in [1.54, 1.807) is 0 Å². The van der Waals surface area contributed by atoms with Crippen molar-refractivity contribution < 1.29 is 14.3 Å². The lowest BCUT2D eigenvalue weighted by Gasteiger charge is -2.36. The first-order valence-corrected chi connectivity index (χ1v) is 8.35. The van der Waals surface area contributed by atoms with Gasteiger partial charge in [-0.15, -0.1) is 0 Å².